The molecule has 0 radical (unpaired) electrons. The van der Waals surface area contributed by atoms with E-state index in [0.29, 0.717) is 6.54 Å². The Morgan fingerprint density at radius 1 is 1.23 bits per heavy atom. The molecule has 0 aliphatic heterocycles. The van der Waals surface area contributed by atoms with Gasteiger partial charge in [0.2, 0.25) is 5.91 Å². The summed E-state index contributed by atoms with van der Waals surface area (Å²) in [7, 11) is 0. The molecule has 1 amide bonds. The molecule has 0 saturated heterocycles. The normalized spacial score (nSPS) is 16.4. The summed E-state index contributed by atoms with van der Waals surface area (Å²) in [6, 6.07) is 12.0. The van der Waals surface area contributed by atoms with Crippen LogP contribution in [-0.4, -0.2) is 10.9 Å². The van der Waals surface area contributed by atoms with Gasteiger partial charge in [-0.05, 0) is 42.2 Å². The lowest BCUT2D eigenvalue weighted by Crippen LogP contribution is -2.42. The number of amides is 1. The van der Waals surface area contributed by atoms with E-state index in [1.165, 1.54) is 0 Å². The van der Waals surface area contributed by atoms with E-state index in [1.54, 1.807) is 6.20 Å². The average Bonchev–Trinajstić information content (AvgIpc) is 3.04. The molecule has 1 aromatic heterocycles. The van der Waals surface area contributed by atoms with Crippen LogP contribution in [0.3, 0.4) is 0 Å². The van der Waals surface area contributed by atoms with Crippen LogP contribution in [0.15, 0.2) is 53.3 Å². The molecular weight excluding hydrogens is 340 g/mol. The van der Waals surface area contributed by atoms with Crippen molar-refractivity contribution in [1.82, 2.24) is 10.3 Å². The Morgan fingerprint density at radius 2 is 2.05 bits per heavy atom. The average molecular weight is 359 g/mol. The van der Waals surface area contributed by atoms with Crippen LogP contribution in [0.4, 0.5) is 0 Å². The minimum Gasteiger partial charge on any atom is -0.351 e. The highest BCUT2D eigenvalue weighted by molar-refractivity contribution is 9.10. The van der Waals surface area contributed by atoms with Gasteiger partial charge in [-0.15, -0.1) is 0 Å². The van der Waals surface area contributed by atoms with Crippen molar-refractivity contribution in [3.63, 3.8) is 0 Å². The van der Waals surface area contributed by atoms with Crippen molar-refractivity contribution in [2.75, 3.05) is 0 Å². The maximum absolute atomic E-state index is 12.9. The van der Waals surface area contributed by atoms with E-state index >= 15 is 0 Å². The first-order valence-electron chi connectivity index (χ1n) is 7.64. The summed E-state index contributed by atoms with van der Waals surface area (Å²) in [4.78, 5) is 17.1. The molecule has 2 aromatic rings. The first kappa shape index (κ1) is 15.2. The number of nitrogens with one attached hydrogen (secondary N) is 1. The zero-order valence-electron chi connectivity index (χ0n) is 12.4. The summed E-state index contributed by atoms with van der Waals surface area (Å²) in [5.74, 6) is 0.123. The molecule has 1 fully saturated rings. The fourth-order valence-electron chi connectivity index (χ4n) is 3.27. The maximum Gasteiger partial charge on any atom is 0.230 e. The van der Waals surface area contributed by atoms with E-state index < -0.39 is 5.41 Å². The van der Waals surface area contributed by atoms with Crippen LogP contribution in [0.5, 0.6) is 0 Å². The van der Waals surface area contributed by atoms with Crippen molar-refractivity contribution in [2.45, 2.75) is 37.6 Å². The Hall–Kier alpha value is -1.68. The lowest BCUT2D eigenvalue weighted by Gasteiger charge is -2.28. The number of rotatable bonds is 4. The molecule has 114 valence electrons. The predicted octanol–water partition coefficient (Wildman–Crippen LogP) is 3.97. The molecule has 0 bridgehead atoms. The molecule has 3 nitrogen and oxygen atoms in total. The molecule has 1 N–H and O–H groups in total. The Bertz CT molecular complexity index is 651. The number of nitrogens with zero attached hydrogens (tertiary/aromatic N) is 1. The Kier molecular flexibility index (Phi) is 4.57. The van der Waals surface area contributed by atoms with Crippen LogP contribution in [0.25, 0.3) is 0 Å². The monoisotopic (exact) mass is 358 g/mol. The van der Waals surface area contributed by atoms with Gasteiger partial charge in [0.15, 0.2) is 0 Å². The molecule has 0 atom stereocenters. The van der Waals surface area contributed by atoms with Gasteiger partial charge in [-0.1, -0.05) is 47.0 Å². The van der Waals surface area contributed by atoms with Gasteiger partial charge in [-0.3, -0.25) is 9.78 Å². The highest BCUT2D eigenvalue weighted by Crippen LogP contribution is 2.41. The van der Waals surface area contributed by atoms with Gasteiger partial charge in [-0.25, -0.2) is 0 Å². The first-order chi connectivity index (χ1) is 10.7. The van der Waals surface area contributed by atoms with Crippen LogP contribution in [-0.2, 0) is 16.8 Å². The topological polar surface area (TPSA) is 42.0 Å². The third-order valence-corrected chi connectivity index (χ3v) is 4.94. The van der Waals surface area contributed by atoms with E-state index in [2.05, 4.69) is 26.2 Å². The molecule has 1 aromatic carbocycles. The Balaban J connectivity index is 1.76. The summed E-state index contributed by atoms with van der Waals surface area (Å²) in [5, 5.41) is 3.12. The molecule has 1 aliphatic carbocycles. The second-order valence-corrected chi connectivity index (χ2v) is 6.76. The van der Waals surface area contributed by atoms with E-state index in [0.717, 1.165) is 41.3 Å². The number of pyridine rings is 1. The third kappa shape index (κ3) is 3.07. The number of aromatic nitrogens is 1. The number of carbonyl (C=O) groups is 1. The fourth-order valence-corrected chi connectivity index (χ4v) is 3.72. The summed E-state index contributed by atoms with van der Waals surface area (Å²) >= 11 is 3.46. The third-order valence-electron chi connectivity index (χ3n) is 4.45. The van der Waals surface area contributed by atoms with Gasteiger partial charge < -0.3 is 5.32 Å². The Morgan fingerprint density at radius 3 is 2.73 bits per heavy atom. The number of benzene rings is 1. The van der Waals surface area contributed by atoms with E-state index in [9.17, 15) is 4.79 Å². The number of hydrogen-bond donors (Lipinski definition) is 1. The lowest BCUT2D eigenvalue weighted by atomic mass is 9.78. The van der Waals surface area contributed by atoms with E-state index in [1.807, 2.05) is 42.6 Å². The van der Waals surface area contributed by atoms with Gasteiger partial charge in [0.1, 0.15) is 0 Å². The minimum absolute atomic E-state index is 0.123. The number of carbonyl (C=O) groups excluding carboxylic acids is 1. The van der Waals surface area contributed by atoms with Crippen molar-refractivity contribution in [3.8, 4) is 0 Å². The molecule has 22 heavy (non-hydrogen) atoms. The van der Waals surface area contributed by atoms with Crippen LogP contribution in [0.2, 0.25) is 0 Å². The predicted molar refractivity (Wildman–Crippen MR) is 90.4 cm³/mol. The second kappa shape index (κ2) is 6.61. The summed E-state index contributed by atoms with van der Waals surface area (Å²) in [6.07, 6.45) is 7.60. The summed E-state index contributed by atoms with van der Waals surface area (Å²) < 4.78 is 1.03. The summed E-state index contributed by atoms with van der Waals surface area (Å²) in [6.45, 7) is 0.556. The maximum atomic E-state index is 12.9. The smallest absolute Gasteiger partial charge is 0.230 e. The zero-order chi connectivity index (χ0) is 15.4. The van der Waals surface area contributed by atoms with Crippen molar-refractivity contribution >= 4 is 21.8 Å². The number of hydrogen-bond acceptors (Lipinski definition) is 2. The van der Waals surface area contributed by atoms with Crippen LogP contribution in [0.1, 0.15) is 36.8 Å². The highest BCUT2D eigenvalue weighted by atomic mass is 79.9. The van der Waals surface area contributed by atoms with Crippen LogP contribution < -0.4 is 5.32 Å². The molecule has 1 heterocycles. The zero-order valence-corrected chi connectivity index (χ0v) is 14.0. The Labute approximate surface area is 139 Å². The van der Waals surface area contributed by atoms with Gasteiger partial charge in [0.05, 0.1) is 5.41 Å². The molecule has 1 saturated carbocycles. The first-order valence-corrected chi connectivity index (χ1v) is 8.43. The highest BCUT2D eigenvalue weighted by Gasteiger charge is 2.42. The second-order valence-electron chi connectivity index (χ2n) is 5.84. The standard InChI is InChI=1S/C18H19BrN2O/c19-16-7-3-5-14(11-16)12-21-17(22)18(8-1-2-9-18)15-6-4-10-20-13-15/h3-7,10-11,13H,1-2,8-9,12H2,(H,21,22). The van der Waals surface area contributed by atoms with Crippen molar-refractivity contribution in [1.29, 1.82) is 0 Å². The molecule has 0 spiro atoms. The van der Waals surface area contributed by atoms with E-state index in [-0.39, 0.29) is 5.91 Å². The van der Waals surface area contributed by atoms with Gasteiger partial charge in [0.25, 0.3) is 0 Å². The molecule has 0 unspecified atom stereocenters. The van der Waals surface area contributed by atoms with Crippen molar-refractivity contribution in [2.24, 2.45) is 0 Å². The van der Waals surface area contributed by atoms with E-state index in [4.69, 9.17) is 0 Å². The van der Waals surface area contributed by atoms with Gasteiger partial charge in [-0.2, -0.15) is 0 Å². The molecule has 1 aliphatic rings. The quantitative estimate of drug-likeness (QED) is 0.898. The van der Waals surface area contributed by atoms with Gasteiger partial charge in [0, 0.05) is 23.4 Å². The van der Waals surface area contributed by atoms with Crippen LogP contribution in [0, 0.1) is 0 Å². The van der Waals surface area contributed by atoms with Gasteiger partial charge >= 0.3 is 0 Å². The van der Waals surface area contributed by atoms with Crippen molar-refractivity contribution < 1.29 is 4.79 Å². The fraction of sp³-hybridized carbons (Fsp3) is 0.333. The molecule has 3 rings (SSSR count). The lowest BCUT2D eigenvalue weighted by molar-refractivity contribution is -0.126. The van der Waals surface area contributed by atoms with Crippen LogP contribution >= 0.6 is 15.9 Å². The number of halogens is 1. The van der Waals surface area contributed by atoms with Crippen molar-refractivity contribution in [3.05, 3.63) is 64.4 Å². The minimum atomic E-state index is -0.403. The summed E-state index contributed by atoms with van der Waals surface area (Å²) in [5.41, 5.74) is 1.74. The SMILES string of the molecule is O=C(NCc1cccc(Br)c1)C1(c2cccnc2)CCCC1. The molecule has 4 heteroatoms. The molecular formula is C18H19BrN2O. The largest absolute Gasteiger partial charge is 0.351 e.